The van der Waals surface area contributed by atoms with Crippen molar-refractivity contribution in [3.05, 3.63) is 29.3 Å². The summed E-state index contributed by atoms with van der Waals surface area (Å²) >= 11 is 1.98. The summed E-state index contributed by atoms with van der Waals surface area (Å²) in [7, 11) is 0. The summed E-state index contributed by atoms with van der Waals surface area (Å²) in [5.41, 5.74) is 2.53. The normalized spacial score (nSPS) is 12.4. The molecule has 0 aliphatic heterocycles. The van der Waals surface area contributed by atoms with E-state index in [9.17, 15) is 0 Å². The van der Waals surface area contributed by atoms with Gasteiger partial charge in [-0.2, -0.15) is 11.8 Å². The third-order valence-electron chi connectivity index (χ3n) is 3.23. The zero-order valence-corrected chi connectivity index (χ0v) is 14.2. The fraction of sp³-hybridized carbons (Fsp3) is 0.647. The van der Waals surface area contributed by atoms with Crippen LogP contribution in [-0.4, -0.2) is 24.7 Å². The number of nitrogens with one attached hydrogen (secondary N) is 1. The van der Waals surface area contributed by atoms with Gasteiger partial charge in [-0.1, -0.05) is 26.0 Å². The lowest BCUT2D eigenvalue weighted by Crippen LogP contribution is -2.20. The Balaban J connectivity index is 2.60. The molecule has 0 heterocycles. The zero-order chi connectivity index (χ0) is 14.8. The van der Waals surface area contributed by atoms with Gasteiger partial charge in [0.25, 0.3) is 0 Å². The van der Waals surface area contributed by atoms with Gasteiger partial charge in [-0.15, -0.1) is 0 Å². The molecule has 0 spiro atoms. The van der Waals surface area contributed by atoms with E-state index in [1.54, 1.807) is 0 Å². The van der Waals surface area contributed by atoms with E-state index in [1.165, 1.54) is 22.6 Å². The van der Waals surface area contributed by atoms with Crippen molar-refractivity contribution in [3.8, 4) is 5.75 Å². The highest BCUT2D eigenvalue weighted by Gasteiger charge is 2.11. The SMILES string of the molecule is CCCNC(C)c1ccc(C)cc1OCCCSCC. The van der Waals surface area contributed by atoms with Crippen molar-refractivity contribution in [3.63, 3.8) is 0 Å². The van der Waals surface area contributed by atoms with Gasteiger partial charge in [0.15, 0.2) is 0 Å². The van der Waals surface area contributed by atoms with Gasteiger partial charge >= 0.3 is 0 Å². The maximum atomic E-state index is 6.01. The number of aryl methyl sites for hydroxylation is 1. The highest BCUT2D eigenvalue weighted by atomic mass is 32.2. The van der Waals surface area contributed by atoms with Crippen LogP contribution in [0.15, 0.2) is 18.2 Å². The summed E-state index contributed by atoms with van der Waals surface area (Å²) in [5, 5.41) is 3.54. The molecule has 0 saturated heterocycles. The molecule has 0 saturated carbocycles. The summed E-state index contributed by atoms with van der Waals surface area (Å²) in [6.07, 6.45) is 2.27. The number of benzene rings is 1. The Morgan fingerprint density at radius 2 is 2.10 bits per heavy atom. The van der Waals surface area contributed by atoms with E-state index < -0.39 is 0 Å². The Morgan fingerprint density at radius 3 is 2.80 bits per heavy atom. The van der Waals surface area contributed by atoms with Crippen LogP contribution in [0.5, 0.6) is 5.75 Å². The van der Waals surface area contributed by atoms with E-state index in [2.05, 4.69) is 51.2 Å². The fourth-order valence-electron chi connectivity index (χ4n) is 2.08. The second kappa shape index (κ2) is 10.1. The van der Waals surface area contributed by atoms with Gasteiger partial charge in [-0.05, 0) is 56.4 Å². The number of ether oxygens (including phenoxy) is 1. The Kier molecular flexibility index (Phi) is 8.79. The second-order valence-electron chi connectivity index (χ2n) is 5.12. The molecular formula is C17H29NOS. The highest BCUT2D eigenvalue weighted by Crippen LogP contribution is 2.26. The van der Waals surface area contributed by atoms with Crippen molar-refractivity contribution in [1.82, 2.24) is 5.32 Å². The monoisotopic (exact) mass is 295 g/mol. The minimum absolute atomic E-state index is 0.343. The molecule has 1 atom stereocenters. The maximum absolute atomic E-state index is 6.01. The molecule has 0 aliphatic carbocycles. The van der Waals surface area contributed by atoms with E-state index in [0.717, 1.165) is 31.7 Å². The van der Waals surface area contributed by atoms with Crippen LogP contribution in [0, 0.1) is 6.92 Å². The minimum atomic E-state index is 0.343. The van der Waals surface area contributed by atoms with Gasteiger partial charge in [-0.3, -0.25) is 0 Å². The van der Waals surface area contributed by atoms with E-state index in [4.69, 9.17) is 4.74 Å². The van der Waals surface area contributed by atoms with Gasteiger partial charge in [-0.25, -0.2) is 0 Å². The van der Waals surface area contributed by atoms with Crippen molar-refractivity contribution in [1.29, 1.82) is 0 Å². The predicted molar refractivity (Wildman–Crippen MR) is 91.0 cm³/mol. The van der Waals surface area contributed by atoms with Crippen molar-refractivity contribution in [2.45, 2.75) is 46.6 Å². The van der Waals surface area contributed by atoms with E-state index in [1.807, 2.05) is 11.8 Å². The molecule has 0 fully saturated rings. The Morgan fingerprint density at radius 1 is 1.30 bits per heavy atom. The lowest BCUT2D eigenvalue weighted by Gasteiger charge is -2.19. The molecule has 0 bridgehead atoms. The summed E-state index contributed by atoms with van der Waals surface area (Å²) in [5.74, 6) is 3.41. The molecule has 0 amide bonds. The van der Waals surface area contributed by atoms with Crippen LogP contribution in [-0.2, 0) is 0 Å². The van der Waals surface area contributed by atoms with Crippen molar-refractivity contribution >= 4 is 11.8 Å². The van der Waals surface area contributed by atoms with Crippen LogP contribution < -0.4 is 10.1 Å². The molecule has 0 radical (unpaired) electrons. The van der Waals surface area contributed by atoms with Crippen LogP contribution in [0.4, 0.5) is 0 Å². The molecule has 114 valence electrons. The number of hydrogen-bond acceptors (Lipinski definition) is 3. The van der Waals surface area contributed by atoms with Gasteiger partial charge in [0, 0.05) is 11.6 Å². The minimum Gasteiger partial charge on any atom is -0.493 e. The van der Waals surface area contributed by atoms with Gasteiger partial charge < -0.3 is 10.1 Å². The van der Waals surface area contributed by atoms with Crippen molar-refractivity contribution < 1.29 is 4.74 Å². The fourth-order valence-corrected chi connectivity index (χ4v) is 2.69. The smallest absolute Gasteiger partial charge is 0.124 e. The topological polar surface area (TPSA) is 21.3 Å². The van der Waals surface area contributed by atoms with E-state index in [-0.39, 0.29) is 0 Å². The lowest BCUT2D eigenvalue weighted by molar-refractivity contribution is 0.312. The molecule has 0 aliphatic rings. The molecule has 1 unspecified atom stereocenters. The number of rotatable bonds is 10. The van der Waals surface area contributed by atoms with Gasteiger partial charge in [0.05, 0.1) is 6.61 Å². The average Bonchev–Trinajstić information content (AvgIpc) is 2.44. The van der Waals surface area contributed by atoms with Gasteiger partial charge in [0.2, 0.25) is 0 Å². The van der Waals surface area contributed by atoms with Crippen LogP contribution >= 0.6 is 11.8 Å². The lowest BCUT2D eigenvalue weighted by atomic mass is 10.0. The van der Waals surface area contributed by atoms with Crippen LogP contribution in [0.3, 0.4) is 0 Å². The zero-order valence-electron chi connectivity index (χ0n) is 13.4. The predicted octanol–water partition coefficient (Wildman–Crippen LogP) is 4.58. The summed E-state index contributed by atoms with van der Waals surface area (Å²) < 4.78 is 6.01. The van der Waals surface area contributed by atoms with Crippen LogP contribution in [0.2, 0.25) is 0 Å². The maximum Gasteiger partial charge on any atom is 0.124 e. The first-order chi connectivity index (χ1) is 9.69. The van der Waals surface area contributed by atoms with E-state index >= 15 is 0 Å². The third kappa shape index (κ3) is 6.19. The van der Waals surface area contributed by atoms with E-state index in [0.29, 0.717) is 6.04 Å². The van der Waals surface area contributed by atoms with Crippen molar-refractivity contribution in [2.75, 3.05) is 24.7 Å². The average molecular weight is 295 g/mol. The molecule has 0 aromatic heterocycles. The Bertz CT molecular complexity index is 381. The Hall–Kier alpha value is -0.670. The van der Waals surface area contributed by atoms with Gasteiger partial charge in [0.1, 0.15) is 5.75 Å². The largest absolute Gasteiger partial charge is 0.493 e. The van der Waals surface area contributed by atoms with Crippen LogP contribution in [0.25, 0.3) is 0 Å². The van der Waals surface area contributed by atoms with Crippen LogP contribution in [0.1, 0.15) is 50.8 Å². The summed E-state index contributed by atoms with van der Waals surface area (Å²) in [4.78, 5) is 0. The first-order valence-electron chi connectivity index (χ1n) is 7.73. The third-order valence-corrected chi connectivity index (χ3v) is 4.22. The second-order valence-corrected chi connectivity index (χ2v) is 6.51. The molecular weight excluding hydrogens is 266 g/mol. The molecule has 3 heteroatoms. The molecule has 2 nitrogen and oxygen atoms in total. The first-order valence-corrected chi connectivity index (χ1v) is 8.89. The molecule has 1 aromatic carbocycles. The number of thioether (sulfide) groups is 1. The molecule has 1 N–H and O–H groups in total. The summed E-state index contributed by atoms with van der Waals surface area (Å²) in [6, 6.07) is 6.86. The summed E-state index contributed by atoms with van der Waals surface area (Å²) in [6.45, 7) is 10.6. The Labute approximate surface area is 128 Å². The van der Waals surface area contributed by atoms with Crippen molar-refractivity contribution in [2.24, 2.45) is 0 Å². The first kappa shape index (κ1) is 17.4. The molecule has 20 heavy (non-hydrogen) atoms. The molecule has 1 rings (SSSR count). The quantitative estimate of drug-likeness (QED) is 0.639. The molecule has 1 aromatic rings. The number of hydrogen-bond donors (Lipinski definition) is 1. The highest BCUT2D eigenvalue weighted by molar-refractivity contribution is 7.99. The standard InChI is InChI=1S/C17H29NOS/c1-5-10-18-15(4)16-9-8-14(3)13-17(16)19-11-7-12-20-6-2/h8-9,13,15,18H,5-7,10-12H2,1-4H3.